The molecule has 0 bridgehead atoms. The van der Waals surface area contributed by atoms with Crippen molar-refractivity contribution >= 4 is 0 Å². The fourth-order valence-electron chi connectivity index (χ4n) is 2.19. The minimum atomic E-state index is 0.825. The smallest absolute Gasteiger partial charge is 0.0589 e. The first-order chi connectivity index (χ1) is 8.33. The third kappa shape index (κ3) is 7.71. The SMILES string of the molecule is COCCN(C)CCNCCCN1CCCC1. The number of methoxy groups -OCH3 is 1. The summed E-state index contributed by atoms with van der Waals surface area (Å²) in [6, 6.07) is 0. The number of hydrogen-bond acceptors (Lipinski definition) is 4. The van der Waals surface area contributed by atoms with Crippen molar-refractivity contribution < 1.29 is 4.74 Å². The summed E-state index contributed by atoms with van der Waals surface area (Å²) >= 11 is 0. The average molecular weight is 243 g/mol. The average Bonchev–Trinajstić information content (AvgIpc) is 2.84. The van der Waals surface area contributed by atoms with Gasteiger partial charge >= 0.3 is 0 Å². The van der Waals surface area contributed by atoms with Gasteiger partial charge in [-0.3, -0.25) is 0 Å². The van der Waals surface area contributed by atoms with Crippen molar-refractivity contribution in [3.8, 4) is 0 Å². The number of likely N-dealkylation sites (tertiary alicyclic amines) is 1. The molecule has 0 spiro atoms. The van der Waals surface area contributed by atoms with Crippen LogP contribution in [0.5, 0.6) is 0 Å². The first kappa shape index (κ1) is 14.9. The van der Waals surface area contributed by atoms with Crippen molar-refractivity contribution in [2.45, 2.75) is 19.3 Å². The van der Waals surface area contributed by atoms with Gasteiger partial charge in [0, 0.05) is 26.7 Å². The van der Waals surface area contributed by atoms with E-state index >= 15 is 0 Å². The second-order valence-corrected chi connectivity index (χ2v) is 4.95. The van der Waals surface area contributed by atoms with Crippen LogP contribution in [0.3, 0.4) is 0 Å². The van der Waals surface area contributed by atoms with Crippen molar-refractivity contribution in [2.24, 2.45) is 0 Å². The molecule has 1 saturated heterocycles. The Balaban J connectivity index is 1.80. The molecule has 0 aliphatic carbocycles. The molecule has 0 aromatic rings. The summed E-state index contributed by atoms with van der Waals surface area (Å²) in [4.78, 5) is 4.88. The van der Waals surface area contributed by atoms with Gasteiger partial charge in [0.05, 0.1) is 6.61 Å². The molecule has 1 fully saturated rings. The molecular weight excluding hydrogens is 214 g/mol. The molecule has 0 radical (unpaired) electrons. The number of nitrogens with one attached hydrogen (secondary N) is 1. The van der Waals surface area contributed by atoms with Crippen molar-refractivity contribution in [3.05, 3.63) is 0 Å². The fraction of sp³-hybridized carbons (Fsp3) is 1.00. The Morgan fingerprint density at radius 2 is 1.94 bits per heavy atom. The second kappa shape index (κ2) is 9.83. The van der Waals surface area contributed by atoms with Crippen LogP contribution < -0.4 is 5.32 Å². The lowest BCUT2D eigenvalue weighted by Crippen LogP contribution is -2.32. The number of nitrogens with zero attached hydrogens (tertiary/aromatic N) is 2. The highest BCUT2D eigenvalue weighted by atomic mass is 16.5. The van der Waals surface area contributed by atoms with E-state index < -0.39 is 0 Å². The van der Waals surface area contributed by atoms with Crippen LogP contribution in [0.2, 0.25) is 0 Å². The molecule has 1 aliphatic rings. The van der Waals surface area contributed by atoms with Gasteiger partial charge in [-0.25, -0.2) is 0 Å². The number of ether oxygens (including phenoxy) is 1. The van der Waals surface area contributed by atoms with Crippen LogP contribution in [-0.2, 0) is 4.74 Å². The normalized spacial score (nSPS) is 17.1. The first-order valence-corrected chi connectivity index (χ1v) is 6.93. The lowest BCUT2D eigenvalue weighted by Gasteiger charge is -2.17. The summed E-state index contributed by atoms with van der Waals surface area (Å²) in [7, 11) is 3.90. The van der Waals surface area contributed by atoms with Crippen molar-refractivity contribution in [1.82, 2.24) is 15.1 Å². The molecule has 17 heavy (non-hydrogen) atoms. The van der Waals surface area contributed by atoms with E-state index in [1.54, 1.807) is 7.11 Å². The van der Waals surface area contributed by atoms with Gasteiger partial charge in [0.15, 0.2) is 0 Å². The molecule has 4 heteroatoms. The summed E-state index contributed by atoms with van der Waals surface area (Å²) in [5.74, 6) is 0. The second-order valence-electron chi connectivity index (χ2n) is 4.95. The molecule has 0 aromatic carbocycles. The number of rotatable bonds is 10. The molecule has 0 atom stereocenters. The maximum Gasteiger partial charge on any atom is 0.0589 e. The van der Waals surface area contributed by atoms with Crippen molar-refractivity contribution in [1.29, 1.82) is 0 Å². The summed E-state index contributed by atoms with van der Waals surface area (Å²) in [6.45, 7) is 9.09. The number of hydrogen-bond donors (Lipinski definition) is 1. The van der Waals surface area contributed by atoms with Crippen molar-refractivity contribution in [2.75, 3.05) is 66.6 Å². The van der Waals surface area contributed by atoms with E-state index in [2.05, 4.69) is 22.2 Å². The van der Waals surface area contributed by atoms with Gasteiger partial charge in [-0.15, -0.1) is 0 Å². The van der Waals surface area contributed by atoms with E-state index in [1.165, 1.54) is 38.9 Å². The lowest BCUT2D eigenvalue weighted by molar-refractivity contribution is 0.161. The highest BCUT2D eigenvalue weighted by Crippen LogP contribution is 2.06. The topological polar surface area (TPSA) is 27.7 Å². The molecule has 1 heterocycles. The molecule has 4 nitrogen and oxygen atoms in total. The van der Waals surface area contributed by atoms with Crippen LogP contribution >= 0.6 is 0 Å². The number of likely N-dealkylation sites (N-methyl/N-ethyl adjacent to an activating group) is 1. The Hall–Kier alpha value is -0.160. The molecule has 1 aliphatic heterocycles. The quantitative estimate of drug-likeness (QED) is 0.570. The highest BCUT2D eigenvalue weighted by Gasteiger charge is 2.09. The zero-order valence-corrected chi connectivity index (χ0v) is 11.6. The molecule has 1 rings (SSSR count). The van der Waals surface area contributed by atoms with E-state index in [1.807, 2.05) is 0 Å². The molecule has 0 saturated carbocycles. The van der Waals surface area contributed by atoms with E-state index in [0.29, 0.717) is 0 Å². The van der Waals surface area contributed by atoms with Gasteiger partial charge in [-0.05, 0) is 52.5 Å². The zero-order chi connectivity index (χ0) is 12.3. The van der Waals surface area contributed by atoms with E-state index in [9.17, 15) is 0 Å². The Morgan fingerprint density at radius 3 is 2.65 bits per heavy atom. The molecule has 0 amide bonds. The molecule has 0 unspecified atom stereocenters. The monoisotopic (exact) mass is 243 g/mol. The van der Waals surface area contributed by atoms with E-state index in [-0.39, 0.29) is 0 Å². The third-order valence-electron chi connectivity index (χ3n) is 3.37. The van der Waals surface area contributed by atoms with Gasteiger partial charge < -0.3 is 19.9 Å². The van der Waals surface area contributed by atoms with Gasteiger partial charge in [-0.1, -0.05) is 0 Å². The van der Waals surface area contributed by atoms with Crippen LogP contribution in [0.15, 0.2) is 0 Å². The van der Waals surface area contributed by atoms with Crippen LogP contribution in [-0.4, -0.2) is 76.4 Å². The van der Waals surface area contributed by atoms with Crippen LogP contribution in [0.4, 0.5) is 0 Å². The summed E-state index contributed by atoms with van der Waals surface area (Å²) in [5, 5.41) is 3.51. The van der Waals surface area contributed by atoms with Crippen LogP contribution in [0, 0.1) is 0 Å². The Labute approximate surface area is 106 Å². The summed E-state index contributed by atoms with van der Waals surface area (Å²) in [5.41, 5.74) is 0. The summed E-state index contributed by atoms with van der Waals surface area (Å²) < 4.78 is 5.05. The predicted octanol–water partition coefficient (Wildman–Crippen LogP) is 0.640. The standard InChI is InChI=1S/C13H29N3O/c1-15(12-13-17-2)11-7-14-6-5-10-16-8-3-4-9-16/h14H,3-13H2,1-2H3. The predicted molar refractivity (Wildman–Crippen MR) is 72.5 cm³/mol. The maximum atomic E-state index is 5.05. The first-order valence-electron chi connectivity index (χ1n) is 6.93. The fourth-order valence-corrected chi connectivity index (χ4v) is 2.19. The Kier molecular flexibility index (Phi) is 8.61. The van der Waals surface area contributed by atoms with Crippen LogP contribution in [0.25, 0.3) is 0 Å². The van der Waals surface area contributed by atoms with E-state index in [4.69, 9.17) is 4.74 Å². The summed E-state index contributed by atoms with van der Waals surface area (Å²) in [6.07, 6.45) is 4.08. The zero-order valence-electron chi connectivity index (χ0n) is 11.6. The van der Waals surface area contributed by atoms with Crippen molar-refractivity contribution in [3.63, 3.8) is 0 Å². The molecular formula is C13H29N3O. The van der Waals surface area contributed by atoms with Gasteiger partial charge in [0.2, 0.25) is 0 Å². The molecule has 0 aromatic heterocycles. The Morgan fingerprint density at radius 1 is 1.18 bits per heavy atom. The van der Waals surface area contributed by atoms with Crippen LogP contribution in [0.1, 0.15) is 19.3 Å². The molecule has 1 N–H and O–H groups in total. The third-order valence-corrected chi connectivity index (χ3v) is 3.37. The minimum Gasteiger partial charge on any atom is -0.383 e. The maximum absolute atomic E-state index is 5.05. The van der Waals surface area contributed by atoms with E-state index in [0.717, 1.165) is 32.8 Å². The van der Waals surface area contributed by atoms with Gasteiger partial charge in [0.1, 0.15) is 0 Å². The largest absolute Gasteiger partial charge is 0.383 e. The van der Waals surface area contributed by atoms with Gasteiger partial charge in [0.25, 0.3) is 0 Å². The van der Waals surface area contributed by atoms with Gasteiger partial charge in [-0.2, -0.15) is 0 Å². The Bertz CT molecular complexity index is 172. The lowest BCUT2D eigenvalue weighted by atomic mass is 10.4. The highest BCUT2D eigenvalue weighted by molar-refractivity contribution is 4.66. The minimum absolute atomic E-state index is 0.825. The molecule has 102 valence electrons.